The van der Waals surface area contributed by atoms with Crippen molar-refractivity contribution in [2.45, 2.75) is 45.3 Å². The fourth-order valence-corrected chi connectivity index (χ4v) is 2.11. The molecule has 0 heterocycles. The first-order valence-corrected chi connectivity index (χ1v) is 7.79. The van der Waals surface area contributed by atoms with Gasteiger partial charge in [0, 0.05) is 19.2 Å². The summed E-state index contributed by atoms with van der Waals surface area (Å²) in [4.78, 5) is 0. The molecule has 1 aromatic carbocycles. The minimum atomic E-state index is 0.126. The molecule has 20 heavy (non-hydrogen) atoms. The second-order valence-corrected chi connectivity index (χ2v) is 5.57. The molecule has 1 aromatic rings. The molecule has 1 fully saturated rings. The largest absolute Gasteiger partial charge is 0.379 e. The van der Waals surface area contributed by atoms with Crippen LogP contribution in [0.2, 0.25) is 0 Å². The fourth-order valence-electron chi connectivity index (χ4n) is 2.11. The second kappa shape index (κ2) is 8.40. The molecule has 0 aromatic heterocycles. The van der Waals surface area contributed by atoms with Crippen molar-refractivity contribution in [1.29, 1.82) is 0 Å². The van der Waals surface area contributed by atoms with Gasteiger partial charge < -0.3 is 14.8 Å². The van der Waals surface area contributed by atoms with Crippen LogP contribution in [0.25, 0.3) is 0 Å². The van der Waals surface area contributed by atoms with Crippen molar-refractivity contribution in [1.82, 2.24) is 5.32 Å². The number of hydrogen-bond acceptors (Lipinski definition) is 3. The van der Waals surface area contributed by atoms with E-state index in [-0.39, 0.29) is 6.10 Å². The van der Waals surface area contributed by atoms with Gasteiger partial charge >= 0.3 is 0 Å². The number of nitrogens with one attached hydrogen (secondary N) is 1. The van der Waals surface area contributed by atoms with Gasteiger partial charge in [0.1, 0.15) is 0 Å². The summed E-state index contributed by atoms with van der Waals surface area (Å²) in [7, 11) is 0. The van der Waals surface area contributed by atoms with Gasteiger partial charge in [0.25, 0.3) is 0 Å². The van der Waals surface area contributed by atoms with Crippen molar-refractivity contribution in [2.75, 3.05) is 26.4 Å². The van der Waals surface area contributed by atoms with Crippen LogP contribution in [0.3, 0.4) is 0 Å². The van der Waals surface area contributed by atoms with Crippen molar-refractivity contribution in [3.8, 4) is 0 Å². The lowest BCUT2D eigenvalue weighted by atomic mass is 10.1. The molecule has 2 rings (SSSR count). The van der Waals surface area contributed by atoms with Gasteiger partial charge in [0.2, 0.25) is 0 Å². The lowest BCUT2D eigenvalue weighted by Crippen LogP contribution is -2.26. The Morgan fingerprint density at radius 2 is 1.90 bits per heavy atom. The number of benzene rings is 1. The Kier molecular flexibility index (Phi) is 6.51. The standard InChI is InChI=1S/C17H27NO2/c1-3-10-19-11-12-20-17(13-18-16-8-9-16)15-6-4-14(2)5-7-15/h4-7,16-18H,3,8-13H2,1-2H3. The van der Waals surface area contributed by atoms with Crippen molar-refractivity contribution < 1.29 is 9.47 Å². The van der Waals surface area contributed by atoms with E-state index in [1.54, 1.807) is 0 Å². The molecule has 1 aliphatic rings. The van der Waals surface area contributed by atoms with Gasteiger partial charge in [-0.05, 0) is 31.7 Å². The van der Waals surface area contributed by atoms with E-state index in [1.165, 1.54) is 24.0 Å². The number of ether oxygens (including phenoxy) is 2. The Morgan fingerprint density at radius 1 is 1.15 bits per heavy atom. The zero-order valence-electron chi connectivity index (χ0n) is 12.7. The number of rotatable bonds is 10. The summed E-state index contributed by atoms with van der Waals surface area (Å²) in [6.45, 7) is 7.28. The fraction of sp³-hybridized carbons (Fsp3) is 0.647. The van der Waals surface area contributed by atoms with Gasteiger partial charge in [-0.15, -0.1) is 0 Å². The lowest BCUT2D eigenvalue weighted by Gasteiger charge is -2.19. The molecule has 0 amide bonds. The predicted octanol–water partition coefficient (Wildman–Crippen LogP) is 3.23. The summed E-state index contributed by atoms with van der Waals surface area (Å²) in [5, 5.41) is 3.56. The topological polar surface area (TPSA) is 30.5 Å². The molecule has 3 heteroatoms. The van der Waals surface area contributed by atoms with Gasteiger partial charge in [-0.2, -0.15) is 0 Å². The van der Waals surface area contributed by atoms with Gasteiger partial charge in [-0.3, -0.25) is 0 Å². The van der Waals surface area contributed by atoms with Crippen LogP contribution < -0.4 is 5.32 Å². The predicted molar refractivity (Wildman–Crippen MR) is 82.0 cm³/mol. The summed E-state index contributed by atoms with van der Waals surface area (Å²) >= 11 is 0. The SMILES string of the molecule is CCCOCCOC(CNC1CC1)c1ccc(C)cc1. The van der Waals surface area contributed by atoms with Gasteiger partial charge in [-0.25, -0.2) is 0 Å². The Balaban J connectivity index is 1.80. The molecular formula is C17H27NO2. The Morgan fingerprint density at radius 3 is 2.55 bits per heavy atom. The highest BCUT2D eigenvalue weighted by Crippen LogP contribution is 2.22. The third-order valence-electron chi connectivity index (χ3n) is 3.51. The van der Waals surface area contributed by atoms with E-state index in [4.69, 9.17) is 9.47 Å². The van der Waals surface area contributed by atoms with E-state index in [0.717, 1.165) is 19.6 Å². The van der Waals surface area contributed by atoms with E-state index in [9.17, 15) is 0 Å². The maximum absolute atomic E-state index is 6.01. The zero-order valence-corrected chi connectivity index (χ0v) is 12.7. The molecule has 0 bridgehead atoms. The summed E-state index contributed by atoms with van der Waals surface area (Å²) in [6, 6.07) is 9.35. The first-order valence-electron chi connectivity index (χ1n) is 7.79. The van der Waals surface area contributed by atoms with Gasteiger partial charge in [0.15, 0.2) is 0 Å². The highest BCUT2D eigenvalue weighted by molar-refractivity contribution is 5.23. The second-order valence-electron chi connectivity index (χ2n) is 5.57. The molecule has 0 saturated heterocycles. The normalized spacial score (nSPS) is 16.3. The number of aryl methyl sites for hydroxylation is 1. The van der Waals surface area contributed by atoms with Crippen molar-refractivity contribution in [3.05, 3.63) is 35.4 Å². The van der Waals surface area contributed by atoms with Crippen molar-refractivity contribution in [2.24, 2.45) is 0 Å². The third-order valence-corrected chi connectivity index (χ3v) is 3.51. The van der Waals surface area contributed by atoms with Crippen LogP contribution in [0, 0.1) is 6.92 Å². The summed E-state index contributed by atoms with van der Waals surface area (Å²) < 4.78 is 11.5. The molecule has 0 spiro atoms. The molecule has 3 nitrogen and oxygen atoms in total. The molecule has 1 atom stereocenters. The first kappa shape index (κ1) is 15.5. The van der Waals surface area contributed by atoms with E-state index < -0.39 is 0 Å². The minimum Gasteiger partial charge on any atom is -0.379 e. The molecule has 1 aliphatic carbocycles. The average Bonchev–Trinajstić information content (AvgIpc) is 3.27. The van der Waals surface area contributed by atoms with Crippen LogP contribution in [0.15, 0.2) is 24.3 Å². The molecular weight excluding hydrogens is 250 g/mol. The van der Waals surface area contributed by atoms with E-state index in [2.05, 4.69) is 43.4 Å². The zero-order chi connectivity index (χ0) is 14.2. The smallest absolute Gasteiger partial charge is 0.0950 e. The molecule has 0 aliphatic heterocycles. The first-order chi connectivity index (χ1) is 9.79. The summed E-state index contributed by atoms with van der Waals surface area (Å²) in [5.74, 6) is 0. The van der Waals surface area contributed by atoms with Gasteiger partial charge in [0.05, 0.1) is 19.3 Å². The summed E-state index contributed by atoms with van der Waals surface area (Å²) in [6.07, 6.45) is 3.80. The van der Waals surface area contributed by atoms with Crippen LogP contribution in [0.4, 0.5) is 0 Å². The van der Waals surface area contributed by atoms with Crippen molar-refractivity contribution >= 4 is 0 Å². The average molecular weight is 277 g/mol. The van der Waals surface area contributed by atoms with Crippen LogP contribution in [-0.4, -0.2) is 32.4 Å². The Hall–Kier alpha value is -0.900. The summed E-state index contributed by atoms with van der Waals surface area (Å²) in [5.41, 5.74) is 2.54. The molecule has 1 unspecified atom stereocenters. The van der Waals surface area contributed by atoms with Crippen LogP contribution in [0.1, 0.15) is 43.4 Å². The monoisotopic (exact) mass is 277 g/mol. The lowest BCUT2D eigenvalue weighted by molar-refractivity contribution is 0.00411. The number of hydrogen-bond donors (Lipinski definition) is 1. The van der Waals surface area contributed by atoms with E-state index >= 15 is 0 Å². The quantitative estimate of drug-likeness (QED) is 0.666. The highest BCUT2D eigenvalue weighted by atomic mass is 16.5. The van der Waals surface area contributed by atoms with Crippen LogP contribution in [0.5, 0.6) is 0 Å². The maximum Gasteiger partial charge on any atom is 0.0950 e. The molecule has 1 saturated carbocycles. The Bertz CT molecular complexity index is 373. The minimum absolute atomic E-state index is 0.126. The Labute approximate surface area is 122 Å². The molecule has 0 radical (unpaired) electrons. The highest BCUT2D eigenvalue weighted by Gasteiger charge is 2.22. The van der Waals surface area contributed by atoms with Crippen LogP contribution in [-0.2, 0) is 9.47 Å². The van der Waals surface area contributed by atoms with E-state index in [1.807, 2.05) is 0 Å². The van der Waals surface area contributed by atoms with Crippen LogP contribution >= 0.6 is 0 Å². The molecule has 112 valence electrons. The maximum atomic E-state index is 6.01. The van der Waals surface area contributed by atoms with E-state index in [0.29, 0.717) is 19.3 Å². The van der Waals surface area contributed by atoms with Gasteiger partial charge in [-0.1, -0.05) is 36.8 Å². The third kappa shape index (κ3) is 5.61. The molecule has 1 N–H and O–H groups in total. The van der Waals surface area contributed by atoms with Crippen molar-refractivity contribution in [3.63, 3.8) is 0 Å².